The van der Waals surface area contributed by atoms with Crippen LogP contribution in [0.2, 0.25) is 0 Å². The minimum atomic E-state index is -0.594. The van der Waals surface area contributed by atoms with Crippen molar-refractivity contribution < 1.29 is 15.0 Å². The van der Waals surface area contributed by atoms with Crippen LogP contribution in [0, 0.1) is 0 Å². The summed E-state index contributed by atoms with van der Waals surface area (Å²) in [4.78, 5) is 13.8. The highest BCUT2D eigenvalue weighted by Crippen LogP contribution is 2.11. The number of aliphatic hydroxyl groups is 1. The number of carbonyl (C=O) groups is 1. The standard InChI is InChI=1S/C14H22N2O3/c1-2-16(8-3-9-17)14(19)13(15)10-11-4-6-12(18)7-5-11/h4-7,13,17-18H,2-3,8-10,15H2,1H3/t13-/m0/s1. The van der Waals surface area contributed by atoms with Gasteiger partial charge in [0.05, 0.1) is 6.04 Å². The predicted octanol–water partition coefficient (Wildman–Crippen LogP) is 0.493. The van der Waals surface area contributed by atoms with Crippen molar-refractivity contribution in [1.82, 2.24) is 4.90 Å². The maximum atomic E-state index is 12.1. The van der Waals surface area contributed by atoms with Crippen LogP contribution >= 0.6 is 0 Å². The van der Waals surface area contributed by atoms with Crippen LogP contribution in [0.1, 0.15) is 18.9 Å². The number of phenols is 1. The minimum absolute atomic E-state index is 0.0664. The summed E-state index contributed by atoms with van der Waals surface area (Å²) >= 11 is 0. The first-order valence-corrected chi connectivity index (χ1v) is 6.51. The van der Waals surface area contributed by atoms with Crippen LogP contribution in [0.15, 0.2) is 24.3 Å². The third-order valence-electron chi connectivity index (χ3n) is 2.99. The first-order valence-electron chi connectivity index (χ1n) is 6.51. The van der Waals surface area contributed by atoms with E-state index < -0.39 is 6.04 Å². The van der Waals surface area contributed by atoms with Gasteiger partial charge in [-0.3, -0.25) is 4.79 Å². The number of amides is 1. The Morgan fingerprint density at radius 3 is 2.53 bits per heavy atom. The van der Waals surface area contributed by atoms with E-state index in [0.717, 1.165) is 5.56 Å². The number of hydrogen-bond donors (Lipinski definition) is 3. The average molecular weight is 266 g/mol. The highest BCUT2D eigenvalue weighted by Gasteiger charge is 2.19. The Balaban J connectivity index is 2.57. The highest BCUT2D eigenvalue weighted by molar-refractivity contribution is 5.82. The Hall–Kier alpha value is -1.59. The van der Waals surface area contributed by atoms with Crippen LogP contribution in [0.3, 0.4) is 0 Å². The molecule has 1 aromatic carbocycles. The minimum Gasteiger partial charge on any atom is -0.508 e. The van der Waals surface area contributed by atoms with Crippen LogP contribution in [-0.4, -0.2) is 46.8 Å². The molecule has 1 amide bonds. The fraction of sp³-hybridized carbons (Fsp3) is 0.500. The molecule has 0 spiro atoms. The molecule has 0 aliphatic carbocycles. The lowest BCUT2D eigenvalue weighted by Crippen LogP contribution is -2.45. The molecule has 4 N–H and O–H groups in total. The third kappa shape index (κ3) is 4.89. The smallest absolute Gasteiger partial charge is 0.239 e. The van der Waals surface area contributed by atoms with E-state index in [9.17, 15) is 9.90 Å². The molecule has 0 unspecified atom stereocenters. The zero-order valence-corrected chi connectivity index (χ0v) is 11.2. The van der Waals surface area contributed by atoms with Crippen molar-refractivity contribution in [3.05, 3.63) is 29.8 Å². The van der Waals surface area contributed by atoms with Gasteiger partial charge in [-0.1, -0.05) is 12.1 Å². The lowest BCUT2D eigenvalue weighted by molar-refractivity contribution is -0.132. The van der Waals surface area contributed by atoms with E-state index in [0.29, 0.717) is 25.9 Å². The van der Waals surface area contributed by atoms with Crippen LogP contribution < -0.4 is 5.73 Å². The zero-order valence-electron chi connectivity index (χ0n) is 11.2. The van der Waals surface area contributed by atoms with Gasteiger partial charge in [0.15, 0.2) is 0 Å². The molecule has 0 heterocycles. The molecule has 1 atom stereocenters. The molecular formula is C14H22N2O3. The lowest BCUT2D eigenvalue weighted by Gasteiger charge is -2.24. The Bertz CT molecular complexity index is 392. The maximum absolute atomic E-state index is 12.1. The SMILES string of the molecule is CCN(CCCO)C(=O)[C@@H](N)Cc1ccc(O)cc1. The first kappa shape index (κ1) is 15.5. The summed E-state index contributed by atoms with van der Waals surface area (Å²) in [6.45, 7) is 3.07. The van der Waals surface area contributed by atoms with Crippen molar-refractivity contribution in [2.45, 2.75) is 25.8 Å². The summed E-state index contributed by atoms with van der Waals surface area (Å²) in [5.41, 5.74) is 6.83. The summed E-state index contributed by atoms with van der Waals surface area (Å²) < 4.78 is 0. The van der Waals surface area contributed by atoms with Crippen molar-refractivity contribution in [3.63, 3.8) is 0 Å². The average Bonchev–Trinajstić information content (AvgIpc) is 2.42. The van der Waals surface area contributed by atoms with Crippen LogP contribution in [-0.2, 0) is 11.2 Å². The van der Waals surface area contributed by atoms with Crippen molar-refractivity contribution in [2.75, 3.05) is 19.7 Å². The fourth-order valence-electron chi connectivity index (χ4n) is 1.89. The number of nitrogens with two attached hydrogens (primary N) is 1. The van der Waals surface area contributed by atoms with Crippen LogP contribution in [0.4, 0.5) is 0 Å². The van der Waals surface area contributed by atoms with Gasteiger partial charge < -0.3 is 20.8 Å². The molecule has 0 radical (unpaired) electrons. The second-order valence-corrected chi connectivity index (χ2v) is 4.47. The second kappa shape index (κ2) is 7.76. The Morgan fingerprint density at radius 1 is 1.37 bits per heavy atom. The van der Waals surface area contributed by atoms with Gasteiger partial charge in [0.2, 0.25) is 5.91 Å². The van der Waals surface area contributed by atoms with Crippen molar-refractivity contribution in [2.24, 2.45) is 5.73 Å². The van der Waals surface area contributed by atoms with Gasteiger partial charge in [0, 0.05) is 19.7 Å². The van der Waals surface area contributed by atoms with Gasteiger partial charge in [0.1, 0.15) is 5.75 Å². The summed E-state index contributed by atoms with van der Waals surface area (Å²) in [5.74, 6) is 0.0887. The van der Waals surface area contributed by atoms with E-state index in [1.165, 1.54) is 0 Å². The van der Waals surface area contributed by atoms with E-state index in [1.54, 1.807) is 29.2 Å². The fourth-order valence-corrected chi connectivity index (χ4v) is 1.89. The topological polar surface area (TPSA) is 86.8 Å². The third-order valence-corrected chi connectivity index (χ3v) is 2.99. The van der Waals surface area contributed by atoms with Gasteiger partial charge in [-0.15, -0.1) is 0 Å². The Morgan fingerprint density at radius 2 is 2.00 bits per heavy atom. The molecule has 0 saturated carbocycles. The number of rotatable bonds is 7. The Kier molecular flexibility index (Phi) is 6.32. The summed E-state index contributed by atoms with van der Waals surface area (Å²) in [6, 6.07) is 6.08. The Labute approximate surface area is 113 Å². The number of phenolic OH excluding ortho intramolecular Hbond substituents is 1. The van der Waals surface area contributed by atoms with Crippen molar-refractivity contribution in [3.8, 4) is 5.75 Å². The van der Waals surface area contributed by atoms with E-state index in [2.05, 4.69) is 0 Å². The van der Waals surface area contributed by atoms with E-state index in [4.69, 9.17) is 10.8 Å². The molecule has 106 valence electrons. The highest BCUT2D eigenvalue weighted by atomic mass is 16.3. The molecule has 19 heavy (non-hydrogen) atoms. The normalized spacial score (nSPS) is 12.2. The summed E-state index contributed by atoms with van der Waals surface area (Å²) in [7, 11) is 0. The number of hydrogen-bond acceptors (Lipinski definition) is 4. The van der Waals surface area contributed by atoms with Crippen LogP contribution in [0.5, 0.6) is 5.75 Å². The monoisotopic (exact) mass is 266 g/mol. The van der Waals surface area contributed by atoms with Gasteiger partial charge in [0.25, 0.3) is 0 Å². The molecule has 1 aromatic rings. The predicted molar refractivity (Wildman–Crippen MR) is 73.7 cm³/mol. The molecule has 0 fully saturated rings. The zero-order chi connectivity index (χ0) is 14.3. The molecule has 0 aliphatic heterocycles. The molecule has 0 bridgehead atoms. The van der Waals surface area contributed by atoms with Crippen LogP contribution in [0.25, 0.3) is 0 Å². The number of benzene rings is 1. The molecule has 1 rings (SSSR count). The largest absolute Gasteiger partial charge is 0.508 e. The molecule has 5 heteroatoms. The van der Waals surface area contributed by atoms with E-state index in [1.807, 2.05) is 6.92 Å². The molecule has 0 aromatic heterocycles. The van der Waals surface area contributed by atoms with Crippen molar-refractivity contribution in [1.29, 1.82) is 0 Å². The van der Waals surface area contributed by atoms with Gasteiger partial charge in [-0.25, -0.2) is 0 Å². The second-order valence-electron chi connectivity index (χ2n) is 4.47. The molecule has 0 saturated heterocycles. The summed E-state index contributed by atoms with van der Waals surface area (Å²) in [5, 5.41) is 18.0. The first-order chi connectivity index (χ1) is 9.08. The van der Waals surface area contributed by atoms with Gasteiger partial charge in [-0.05, 0) is 37.5 Å². The van der Waals surface area contributed by atoms with Gasteiger partial charge >= 0.3 is 0 Å². The molecular weight excluding hydrogens is 244 g/mol. The number of aliphatic hydroxyl groups excluding tert-OH is 1. The number of nitrogens with zero attached hydrogens (tertiary/aromatic N) is 1. The summed E-state index contributed by atoms with van der Waals surface area (Å²) in [6.07, 6.45) is 1.00. The van der Waals surface area contributed by atoms with Crippen molar-refractivity contribution >= 4 is 5.91 Å². The van der Waals surface area contributed by atoms with Gasteiger partial charge in [-0.2, -0.15) is 0 Å². The van der Waals surface area contributed by atoms with E-state index in [-0.39, 0.29) is 18.3 Å². The number of aromatic hydroxyl groups is 1. The van der Waals surface area contributed by atoms with E-state index >= 15 is 0 Å². The maximum Gasteiger partial charge on any atom is 0.239 e. The molecule has 0 aliphatic rings. The molecule has 5 nitrogen and oxygen atoms in total. The number of likely N-dealkylation sites (N-methyl/N-ethyl adjacent to an activating group) is 1. The number of carbonyl (C=O) groups excluding carboxylic acids is 1. The lowest BCUT2D eigenvalue weighted by atomic mass is 10.1. The quantitative estimate of drug-likeness (QED) is 0.670.